The van der Waals surface area contributed by atoms with Crippen LogP contribution in [-0.4, -0.2) is 60.9 Å². The second-order valence-electron chi connectivity index (χ2n) is 9.83. The van der Waals surface area contributed by atoms with Crippen molar-refractivity contribution in [3.05, 3.63) is 0 Å². The first-order chi connectivity index (χ1) is 18.2. The molecule has 226 valence electrons. The van der Waals surface area contributed by atoms with Crippen LogP contribution in [0.2, 0.25) is 0 Å². The minimum absolute atomic E-state index is 0.00532. The number of esters is 1. The lowest BCUT2D eigenvalue weighted by molar-refractivity contribution is -0.158. The van der Waals surface area contributed by atoms with Crippen LogP contribution in [0.1, 0.15) is 123 Å². The van der Waals surface area contributed by atoms with Crippen molar-refractivity contribution in [3.63, 3.8) is 0 Å². The molecular weight excluding hydrogens is 513 g/mol. The summed E-state index contributed by atoms with van der Waals surface area (Å²) in [4.78, 5) is 40.9. The molecule has 0 aliphatic heterocycles. The number of hydrogen-bond donors (Lipinski definition) is 3. The Morgan fingerprint density at radius 2 is 1.32 bits per heavy atom. The topological polar surface area (TPSA) is 141 Å². The summed E-state index contributed by atoms with van der Waals surface area (Å²) in [5.41, 5.74) is 0. The number of hydrogen-bond acceptors (Lipinski definition) is 7. The summed E-state index contributed by atoms with van der Waals surface area (Å²) in [6, 6.07) is 0. The number of phosphoric ester groups is 1. The highest BCUT2D eigenvalue weighted by atomic mass is 31.2. The van der Waals surface area contributed by atoms with Crippen molar-refractivity contribution in [2.24, 2.45) is 0 Å². The molecule has 0 aromatic carbocycles. The van der Waals surface area contributed by atoms with Crippen molar-refractivity contribution in [2.45, 2.75) is 129 Å². The Hall–Kier alpha value is -1.03. The Morgan fingerprint density at radius 3 is 1.89 bits per heavy atom. The normalized spacial score (nSPS) is 12.4. The van der Waals surface area contributed by atoms with Crippen molar-refractivity contribution in [1.82, 2.24) is 5.32 Å². The van der Waals surface area contributed by atoms with Gasteiger partial charge in [-0.15, -0.1) is 0 Å². The van der Waals surface area contributed by atoms with Gasteiger partial charge < -0.3 is 29.3 Å². The van der Waals surface area contributed by atoms with Crippen LogP contribution >= 0.6 is 7.82 Å². The summed E-state index contributed by atoms with van der Waals surface area (Å²) in [6.45, 7) is 4.51. The monoisotopic (exact) mass is 567 g/mol. The van der Waals surface area contributed by atoms with E-state index in [1.807, 2.05) is 0 Å². The predicted octanol–water partition coefficient (Wildman–Crippen LogP) is 5.79. The van der Waals surface area contributed by atoms with Gasteiger partial charge in [0.25, 0.3) is 0 Å². The van der Waals surface area contributed by atoms with Gasteiger partial charge in [0.2, 0.25) is 5.91 Å². The summed E-state index contributed by atoms with van der Waals surface area (Å²) in [5.74, 6) is -0.406. The summed E-state index contributed by atoms with van der Waals surface area (Å²) in [7, 11) is -4.68. The molecule has 0 aromatic rings. The first kappa shape index (κ1) is 37.0. The molecule has 0 heterocycles. The number of amides is 1. The Morgan fingerprint density at radius 1 is 0.763 bits per heavy atom. The average Bonchev–Trinajstić information content (AvgIpc) is 2.85. The standard InChI is InChI=1S/C27H54NO9P/c1-3-4-5-6-7-8-10-13-16-19-27(30)37-26(23-36-38(31,32)33)22-35-24-34-21-18-15-12-9-11-14-17-20-28-25(2)29/h26H,3-24H2,1-2H3,(H,28,29)(H2,31,32,33)/t26-/m1/s1. The van der Waals surface area contributed by atoms with Gasteiger partial charge in [-0.2, -0.15) is 0 Å². The lowest BCUT2D eigenvalue weighted by Crippen LogP contribution is -2.28. The molecule has 1 atom stereocenters. The molecule has 3 N–H and O–H groups in total. The van der Waals surface area contributed by atoms with Gasteiger partial charge in [-0.1, -0.05) is 90.4 Å². The maximum absolute atomic E-state index is 12.2. The summed E-state index contributed by atoms with van der Waals surface area (Å²) >= 11 is 0. The van der Waals surface area contributed by atoms with Crippen LogP contribution in [0.4, 0.5) is 0 Å². The van der Waals surface area contributed by atoms with Gasteiger partial charge in [0.1, 0.15) is 12.9 Å². The molecule has 0 saturated heterocycles. The van der Waals surface area contributed by atoms with E-state index in [0.29, 0.717) is 6.61 Å². The minimum atomic E-state index is -4.68. The maximum Gasteiger partial charge on any atom is 0.469 e. The fourth-order valence-corrected chi connectivity index (χ4v) is 4.26. The number of nitrogens with one attached hydrogen (secondary N) is 1. The van der Waals surface area contributed by atoms with E-state index >= 15 is 0 Å². The molecule has 0 unspecified atom stereocenters. The number of phosphoric acid groups is 1. The number of rotatable bonds is 28. The largest absolute Gasteiger partial charge is 0.469 e. The zero-order valence-electron chi connectivity index (χ0n) is 23.8. The van der Waals surface area contributed by atoms with Crippen LogP contribution < -0.4 is 5.32 Å². The fourth-order valence-electron chi connectivity index (χ4n) is 3.90. The van der Waals surface area contributed by atoms with Crippen molar-refractivity contribution in [2.75, 3.05) is 33.2 Å². The Labute approximate surface area is 230 Å². The smallest absolute Gasteiger partial charge is 0.457 e. The molecule has 0 aliphatic carbocycles. The van der Waals surface area contributed by atoms with Gasteiger partial charge in [-0.25, -0.2) is 4.57 Å². The van der Waals surface area contributed by atoms with E-state index in [4.69, 9.17) is 24.0 Å². The Kier molecular flexibility index (Phi) is 25.5. The third-order valence-electron chi connectivity index (χ3n) is 6.02. The summed E-state index contributed by atoms with van der Waals surface area (Å²) in [5, 5.41) is 2.80. The van der Waals surface area contributed by atoms with Crippen molar-refractivity contribution >= 4 is 19.7 Å². The third kappa shape index (κ3) is 29.5. The van der Waals surface area contributed by atoms with E-state index in [9.17, 15) is 14.2 Å². The van der Waals surface area contributed by atoms with Gasteiger partial charge in [0.15, 0.2) is 0 Å². The average molecular weight is 568 g/mol. The van der Waals surface area contributed by atoms with Crippen molar-refractivity contribution in [1.29, 1.82) is 0 Å². The summed E-state index contributed by atoms with van der Waals surface area (Å²) < 4.78 is 31.7. The van der Waals surface area contributed by atoms with Crippen LogP contribution in [0.3, 0.4) is 0 Å². The van der Waals surface area contributed by atoms with Gasteiger partial charge >= 0.3 is 13.8 Å². The van der Waals surface area contributed by atoms with Gasteiger partial charge in [0, 0.05) is 26.5 Å². The van der Waals surface area contributed by atoms with E-state index in [1.54, 1.807) is 0 Å². The minimum Gasteiger partial charge on any atom is -0.457 e. The number of carbonyl (C=O) groups excluding carboxylic acids is 2. The van der Waals surface area contributed by atoms with E-state index < -0.39 is 26.5 Å². The molecule has 0 aromatic heterocycles. The first-order valence-corrected chi connectivity index (χ1v) is 16.1. The Bertz CT molecular complexity index is 615. The molecule has 11 heteroatoms. The molecule has 0 saturated carbocycles. The van der Waals surface area contributed by atoms with Crippen LogP contribution in [0, 0.1) is 0 Å². The Balaban J connectivity index is 3.86. The SMILES string of the molecule is CCCCCCCCCCCC(=O)O[C@H](COCOCCCCCCCCCNC(C)=O)COP(=O)(O)O. The van der Waals surface area contributed by atoms with Gasteiger partial charge in [-0.05, 0) is 19.3 Å². The second kappa shape index (κ2) is 26.2. The first-order valence-electron chi connectivity index (χ1n) is 14.5. The lowest BCUT2D eigenvalue weighted by atomic mass is 10.1. The summed E-state index contributed by atoms with van der Waals surface area (Å²) in [6.07, 6.45) is 17.1. The van der Waals surface area contributed by atoms with Crippen LogP contribution in [-0.2, 0) is 32.9 Å². The molecular formula is C27H54NO9P. The lowest BCUT2D eigenvalue weighted by Gasteiger charge is -2.18. The van der Waals surface area contributed by atoms with E-state index in [-0.39, 0.29) is 25.7 Å². The highest BCUT2D eigenvalue weighted by molar-refractivity contribution is 7.46. The highest BCUT2D eigenvalue weighted by Gasteiger charge is 2.21. The number of unbranched alkanes of at least 4 members (excludes halogenated alkanes) is 14. The zero-order valence-corrected chi connectivity index (χ0v) is 24.7. The van der Waals surface area contributed by atoms with Crippen LogP contribution in [0.15, 0.2) is 0 Å². The fraction of sp³-hybridized carbons (Fsp3) is 0.926. The van der Waals surface area contributed by atoms with E-state index in [0.717, 1.165) is 70.8 Å². The molecule has 0 radical (unpaired) electrons. The molecule has 0 fully saturated rings. The molecule has 1 amide bonds. The number of ether oxygens (including phenoxy) is 3. The molecule has 10 nitrogen and oxygen atoms in total. The van der Waals surface area contributed by atoms with E-state index in [1.165, 1.54) is 45.4 Å². The highest BCUT2D eigenvalue weighted by Crippen LogP contribution is 2.35. The second-order valence-corrected chi connectivity index (χ2v) is 11.1. The van der Waals surface area contributed by atoms with Crippen LogP contribution in [0.25, 0.3) is 0 Å². The molecule has 0 rings (SSSR count). The third-order valence-corrected chi connectivity index (χ3v) is 6.51. The predicted molar refractivity (Wildman–Crippen MR) is 147 cm³/mol. The number of carbonyl (C=O) groups is 2. The van der Waals surface area contributed by atoms with E-state index in [2.05, 4.69) is 16.8 Å². The maximum atomic E-state index is 12.2. The van der Waals surface area contributed by atoms with Gasteiger partial charge in [-0.3, -0.25) is 14.1 Å². The zero-order chi connectivity index (χ0) is 28.3. The molecule has 38 heavy (non-hydrogen) atoms. The molecule has 0 spiro atoms. The van der Waals surface area contributed by atoms with Crippen molar-refractivity contribution < 1.29 is 42.7 Å². The van der Waals surface area contributed by atoms with Crippen LogP contribution in [0.5, 0.6) is 0 Å². The molecule has 0 bridgehead atoms. The molecule has 0 aliphatic rings. The van der Waals surface area contributed by atoms with Crippen molar-refractivity contribution in [3.8, 4) is 0 Å². The quantitative estimate of drug-likeness (QED) is 0.0464. The van der Waals surface area contributed by atoms with Gasteiger partial charge in [0.05, 0.1) is 13.2 Å².